The molecular weight excluding hydrogens is 526 g/mol. The smallest absolute Gasteiger partial charge is 0.859 e. The molecule has 0 spiro atoms. The molecule has 0 aliphatic carbocycles. The van der Waals surface area contributed by atoms with Crippen molar-refractivity contribution in [2.24, 2.45) is 4.99 Å². The summed E-state index contributed by atoms with van der Waals surface area (Å²) in [6.45, 7) is 12.1. The first-order valence-electron chi connectivity index (χ1n) is 7.05. The molecule has 0 bridgehead atoms. The summed E-state index contributed by atoms with van der Waals surface area (Å²) >= 11 is 0. The second kappa shape index (κ2) is 12.4. The Labute approximate surface area is 200 Å². The predicted octanol–water partition coefficient (Wildman–Crippen LogP) is -1.17. The number of carbonyl (C=O) groups excluding carboxylic acids is 1. The van der Waals surface area contributed by atoms with Crippen molar-refractivity contribution in [3.63, 3.8) is 0 Å². The fraction of sp³-hybridized carbons (Fsp3) is 0.571. The Hall–Kier alpha value is -0.189. The van der Waals surface area contributed by atoms with Gasteiger partial charge in [0.2, 0.25) is 5.91 Å². The van der Waals surface area contributed by atoms with E-state index in [4.69, 9.17) is 4.55 Å². The first kappa shape index (κ1) is 31.5. The summed E-state index contributed by atoms with van der Waals surface area (Å²) in [5, 5.41) is 13.1. The van der Waals surface area contributed by atoms with Crippen molar-refractivity contribution in [3.05, 3.63) is 25.3 Å². The zero-order chi connectivity index (χ0) is 21.4. The van der Waals surface area contributed by atoms with Crippen LogP contribution in [0.1, 0.15) is 27.7 Å². The molecule has 0 aliphatic rings. The Kier molecular flexibility index (Phi) is 14.5. The van der Waals surface area contributed by atoms with Crippen LogP contribution in [0.4, 0.5) is 0 Å². The van der Waals surface area contributed by atoms with E-state index in [0.717, 1.165) is 12.2 Å². The third-order valence-electron chi connectivity index (χ3n) is 2.31. The fourth-order valence-electron chi connectivity index (χ4n) is 1.69. The number of hydrogen-bond acceptors (Lipinski definition) is 8. The van der Waals surface area contributed by atoms with Crippen LogP contribution in [0.15, 0.2) is 30.3 Å². The van der Waals surface area contributed by atoms with E-state index in [1.165, 1.54) is 27.7 Å². The van der Waals surface area contributed by atoms with Gasteiger partial charge in [0.05, 0.1) is 32.7 Å². The molecule has 0 radical (unpaired) electrons. The van der Waals surface area contributed by atoms with Gasteiger partial charge < -0.3 is 15.0 Å². The van der Waals surface area contributed by atoms with Gasteiger partial charge in [-0.15, -0.1) is 0 Å². The Morgan fingerprint density at radius 3 is 1.85 bits per heavy atom. The molecule has 1 amide bonds. The Morgan fingerprint density at radius 1 is 1.11 bits per heavy atom. The van der Waals surface area contributed by atoms with Crippen molar-refractivity contribution in [1.29, 1.82) is 0 Å². The summed E-state index contributed by atoms with van der Waals surface area (Å²) in [6.07, 6.45) is 1.99. The second-order valence-electron chi connectivity index (χ2n) is 6.47. The third-order valence-corrected chi connectivity index (χ3v) is 4.45. The van der Waals surface area contributed by atoms with Crippen molar-refractivity contribution >= 4 is 80.9 Å². The summed E-state index contributed by atoms with van der Waals surface area (Å²) in [4.78, 5) is 14.3. The minimum Gasteiger partial charge on any atom is -0.859 e. The minimum atomic E-state index is -4.37. The molecule has 0 aliphatic heterocycles. The molecule has 0 saturated heterocycles. The van der Waals surface area contributed by atoms with Crippen LogP contribution in [-0.2, 0) is 25.0 Å². The SMILES string of the molecule is C=CC(=O)NC(C)(C)CS(=O)(=O)O.C=CC([O-])=NC(C)(C)CS(=O)(=O)[O-].[Ba+2]. The monoisotopic (exact) mass is 550 g/mol. The summed E-state index contributed by atoms with van der Waals surface area (Å²) in [7, 11) is -8.45. The molecule has 0 fully saturated rings. The van der Waals surface area contributed by atoms with Gasteiger partial charge >= 0.3 is 48.9 Å². The molecule has 0 atom stereocenters. The molecule has 0 heterocycles. The first-order valence-corrected chi connectivity index (χ1v) is 10.2. The third kappa shape index (κ3) is 22.0. The molecule has 0 aromatic heterocycles. The molecule has 2 N–H and O–H groups in total. The van der Waals surface area contributed by atoms with Gasteiger partial charge in [0.15, 0.2) is 0 Å². The van der Waals surface area contributed by atoms with Crippen LogP contribution in [0.5, 0.6) is 0 Å². The van der Waals surface area contributed by atoms with Crippen LogP contribution in [0.3, 0.4) is 0 Å². The first-order chi connectivity index (χ1) is 11.3. The predicted molar refractivity (Wildman–Crippen MR) is 101 cm³/mol. The minimum absolute atomic E-state index is 0. The van der Waals surface area contributed by atoms with Crippen LogP contribution >= 0.6 is 0 Å². The second-order valence-corrected chi connectivity index (χ2v) is 9.33. The van der Waals surface area contributed by atoms with E-state index in [1.54, 1.807) is 0 Å². The van der Waals surface area contributed by atoms with Crippen LogP contribution < -0.4 is 10.4 Å². The van der Waals surface area contributed by atoms with E-state index in [9.17, 15) is 31.3 Å². The Bertz CT molecular complexity index is 756. The summed E-state index contributed by atoms with van der Waals surface area (Å²) in [5.41, 5.74) is -2.19. The van der Waals surface area contributed by atoms with E-state index < -0.39 is 54.6 Å². The van der Waals surface area contributed by atoms with Crippen molar-refractivity contribution in [2.45, 2.75) is 38.8 Å². The number of carbonyl (C=O) groups is 1. The number of hydrogen-bond donors (Lipinski definition) is 2. The zero-order valence-corrected chi connectivity index (χ0v) is 21.8. The molecule has 27 heavy (non-hydrogen) atoms. The van der Waals surface area contributed by atoms with Gasteiger partial charge in [-0.05, 0) is 39.7 Å². The average molecular weight is 550 g/mol. The molecule has 0 aromatic carbocycles. The molecule has 152 valence electrons. The summed E-state index contributed by atoms with van der Waals surface area (Å²) in [5.74, 6) is -2.33. The molecule has 0 saturated carbocycles. The topological polar surface area (TPSA) is 176 Å². The normalized spacial score (nSPS) is 12.7. The Morgan fingerprint density at radius 2 is 1.56 bits per heavy atom. The fourth-order valence-corrected chi connectivity index (χ4v) is 3.60. The van der Waals surface area contributed by atoms with Gasteiger partial charge in [0.25, 0.3) is 10.1 Å². The number of nitrogens with one attached hydrogen (secondary N) is 1. The van der Waals surface area contributed by atoms with E-state index >= 15 is 0 Å². The van der Waals surface area contributed by atoms with E-state index in [0.29, 0.717) is 0 Å². The number of nitrogens with zero attached hydrogens (tertiary/aromatic N) is 1. The van der Waals surface area contributed by atoms with Crippen LogP contribution in [0.2, 0.25) is 0 Å². The van der Waals surface area contributed by atoms with Crippen LogP contribution in [0, 0.1) is 0 Å². The molecule has 0 rings (SSSR count). The number of aliphatic imine (C=N–C) groups is 1. The van der Waals surface area contributed by atoms with Crippen molar-refractivity contribution in [3.8, 4) is 0 Å². The van der Waals surface area contributed by atoms with Crippen LogP contribution in [-0.4, -0.2) is 109 Å². The van der Waals surface area contributed by atoms with Crippen molar-refractivity contribution in [2.75, 3.05) is 11.5 Å². The zero-order valence-electron chi connectivity index (χ0n) is 15.8. The molecular formula is C14H24BaN2O8S2. The Balaban J connectivity index is -0.000000411. The number of amides is 1. The maximum absolute atomic E-state index is 10.8. The van der Waals surface area contributed by atoms with Crippen molar-refractivity contribution in [1.82, 2.24) is 5.32 Å². The molecule has 13 heteroatoms. The van der Waals surface area contributed by atoms with E-state index in [1.807, 2.05) is 0 Å². The standard InChI is InChI=1S/2C7H13NO4S.Ba/c2*1-4-6(9)8-7(2,3)5-13(10,11)12;/h2*4H,1,5H2,2-3H3,(H,8,9)(H,10,11,12);/q;;+2/p-2. The molecule has 0 unspecified atom stereocenters. The van der Waals surface area contributed by atoms with Crippen molar-refractivity contribution < 1.29 is 35.8 Å². The van der Waals surface area contributed by atoms with Gasteiger partial charge in [0.1, 0.15) is 0 Å². The average Bonchev–Trinajstić information content (AvgIpc) is 2.31. The quantitative estimate of drug-likeness (QED) is 0.125. The van der Waals surface area contributed by atoms with E-state index in [-0.39, 0.29) is 48.9 Å². The van der Waals surface area contributed by atoms with Gasteiger partial charge in [-0.3, -0.25) is 14.3 Å². The molecule has 0 aromatic rings. The largest absolute Gasteiger partial charge is 2.00 e. The maximum Gasteiger partial charge on any atom is 2.00 e. The van der Waals surface area contributed by atoms with E-state index in [2.05, 4.69) is 23.5 Å². The summed E-state index contributed by atoms with van der Waals surface area (Å²) in [6, 6.07) is 0. The van der Waals surface area contributed by atoms with Gasteiger partial charge in [-0.1, -0.05) is 19.2 Å². The van der Waals surface area contributed by atoms with Gasteiger partial charge in [-0.25, -0.2) is 8.42 Å². The molecule has 10 nitrogen and oxygen atoms in total. The van der Waals surface area contributed by atoms with Gasteiger partial charge in [-0.2, -0.15) is 8.42 Å². The van der Waals surface area contributed by atoms with Crippen LogP contribution in [0.25, 0.3) is 0 Å². The number of rotatable bonds is 8. The summed E-state index contributed by atoms with van der Waals surface area (Å²) < 4.78 is 60.6. The maximum atomic E-state index is 10.8. The van der Waals surface area contributed by atoms with Gasteiger partial charge in [0, 0.05) is 0 Å².